The Morgan fingerprint density at radius 2 is 1.68 bits per heavy atom. The summed E-state index contributed by atoms with van der Waals surface area (Å²) in [6, 6.07) is 6.94. The van der Waals surface area contributed by atoms with Crippen LogP contribution < -0.4 is 0 Å². The maximum absolute atomic E-state index is 13.0. The van der Waals surface area contributed by atoms with E-state index in [4.69, 9.17) is 4.18 Å². The molecule has 0 aromatic heterocycles. The average molecular weight is 443 g/mol. The first kappa shape index (κ1) is 21.4. The summed E-state index contributed by atoms with van der Waals surface area (Å²) in [6.45, 7) is 6.61. The van der Waals surface area contributed by atoms with Crippen molar-refractivity contribution in [2.45, 2.75) is 83.1 Å². The molecular formula is C26H34O4S. The van der Waals surface area contributed by atoms with Crippen LogP contribution in [0.3, 0.4) is 0 Å². The lowest BCUT2D eigenvalue weighted by molar-refractivity contribution is -0.117. The van der Waals surface area contributed by atoms with Gasteiger partial charge in [-0.3, -0.25) is 8.98 Å². The first-order valence-corrected chi connectivity index (χ1v) is 13.3. The molecule has 5 heteroatoms. The number of benzene rings is 1. The third kappa shape index (κ3) is 3.34. The van der Waals surface area contributed by atoms with Crippen molar-refractivity contribution in [2.75, 3.05) is 0 Å². The zero-order chi connectivity index (χ0) is 22.0. The lowest BCUT2D eigenvalue weighted by atomic mass is 9.47. The molecule has 3 fully saturated rings. The Bertz CT molecular complexity index is 1020. The van der Waals surface area contributed by atoms with Gasteiger partial charge in [0.1, 0.15) is 0 Å². The number of carbonyl (C=O) groups excluding carboxylic acids is 1. The van der Waals surface area contributed by atoms with Gasteiger partial charge in [0, 0.05) is 6.42 Å². The molecule has 0 bridgehead atoms. The van der Waals surface area contributed by atoms with Gasteiger partial charge in [-0.15, -0.1) is 0 Å². The molecule has 0 unspecified atom stereocenters. The topological polar surface area (TPSA) is 60.4 Å². The van der Waals surface area contributed by atoms with Crippen molar-refractivity contribution in [3.63, 3.8) is 0 Å². The molecule has 1 aromatic carbocycles. The Balaban J connectivity index is 1.39. The Labute approximate surface area is 186 Å². The minimum absolute atomic E-state index is 0.0962. The highest BCUT2D eigenvalue weighted by molar-refractivity contribution is 7.86. The Morgan fingerprint density at radius 1 is 0.935 bits per heavy atom. The molecule has 5 rings (SSSR count). The minimum atomic E-state index is -3.76. The molecule has 168 valence electrons. The number of allylic oxidation sites excluding steroid dienone is 1. The van der Waals surface area contributed by atoms with E-state index in [0.717, 1.165) is 50.5 Å². The van der Waals surface area contributed by atoms with Gasteiger partial charge in [-0.2, -0.15) is 8.42 Å². The quantitative estimate of drug-likeness (QED) is 0.572. The molecule has 0 radical (unpaired) electrons. The molecule has 0 N–H and O–H groups in total. The third-order valence-corrected chi connectivity index (χ3v) is 10.8. The maximum Gasteiger partial charge on any atom is 0.297 e. The van der Waals surface area contributed by atoms with Crippen LogP contribution in [-0.4, -0.2) is 20.3 Å². The largest absolute Gasteiger partial charge is 0.297 e. The molecule has 0 saturated heterocycles. The zero-order valence-electron chi connectivity index (χ0n) is 18.9. The van der Waals surface area contributed by atoms with E-state index >= 15 is 0 Å². The third-order valence-electron chi connectivity index (χ3n) is 9.43. The van der Waals surface area contributed by atoms with Gasteiger partial charge in [0.05, 0.1) is 11.0 Å². The summed E-state index contributed by atoms with van der Waals surface area (Å²) in [7, 11) is -3.76. The van der Waals surface area contributed by atoms with E-state index < -0.39 is 10.1 Å². The second kappa shape index (κ2) is 7.28. The smallest absolute Gasteiger partial charge is 0.295 e. The van der Waals surface area contributed by atoms with Crippen LogP contribution in [0.5, 0.6) is 0 Å². The van der Waals surface area contributed by atoms with Crippen LogP contribution in [0, 0.1) is 35.5 Å². The maximum atomic E-state index is 13.0. The minimum Gasteiger partial charge on any atom is -0.295 e. The van der Waals surface area contributed by atoms with E-state index in [2.05, 4.69) is 13.8 Å². The average Bonchev–Trinajstić information content (AvgIpc) is 3.04. The molecule has 31 heavy (non-hydrogen) atoms. The highest BCUT2D eigenvalue weighted by Crippen LogP contribution is 2.65. The van der Waals surface area contributed by atoms with Crippen LogP contribution in [0.15, 0.2) is 40.8 Å². The lowest BCUT2D eigenvalue weighted by Gasteiger charge is -2.57. The molecule has 4 aliphatic carbocycles. The van der Waals surface area contributed by atoms with E-state index in [-0.39, 0.29) is 21.8 Å². The number of hydrogen-bond acceptors (Lipinski definition) is 4. The second-order valence-corrected chi connectivity index (χ2v) is 12.5. The van der Waals surface area contributed by atoms with Gasteiger partial charge in [-0.05, 0) is 98.7 Å². The van der Waals surface area contributed by atoms with Crippen LogP contribution in [0.2, 0.25) is 0 Å². The van der Waals surface area contributed by atoms with Gasteiger partial charge < -0.3 is 0 Å². The normalized spacial score (nSPS) is 40.0. The zero-order valence-corrected chi connectivity index (χ0v) is 19.7. The molecule has 4 nitrogen and oxygen atoms in total. The van der Waals surface area contributed by atoms with E-state index in [0.29, 0.717) is 30.0 Å². The predicted octanol–water partition coefficient (Wildman–Crippen LogP) is 5.60. The summed E-state index contributed by atoms with van der Waals surface area (Å²) in [5.74, 6) is 2.00. The molecule has 0 aliphatic heterocycles. The number of ketones is 1. The van der Waals surface area contributed by atoms with Crippen molar-refractivity contribution in [2.24, 2.45) is 28.6 Å². The van der Waals surface area contributed by atoms with E-state index in [9.17, 15) is 13.2 Å². The van der Waals surface area contributed by atoms with Gasteiger partial charge in [0.2, 0.25) is 0 Å². The number of rotatable bonds is 3. The van der Waals surface area contributed by atoms with Crippen molar-refractivity contribution in [3.8, 4) is 0 Å². The van der Waals surface area contributed by atoms with E-state index in [1.807, 2.05) is 25.1 Å². The fourth-order valence-corrected chi connectivity index (χ4v) is 8.79. The number of aryl methyl sites for hydroxylation is 1. The first-order chi connectivity index (χ1) is 14.6. The highest BCUT2D eigenvalue weighted by atomic mass is 32.2. The van der Waals surface area contributed by atoms with E-state index in [1.165, 1.54) is 5.57 Å². The van der Waals surface area contributed by atoms with E-state index in [1.54, 1.807) is 12.1 Å². The summed E-state index contributed by atoms with van der Waals surface area (Å²) in [5.41, 5.74) is 2.46. The molecule has 0 heterocycles. The molecule has 0 spiro atoms. The van der Waals surface area contributed by atoms with Crippen molar-refractivity contribution in [3.05, 3.63) is 41.5 Å². The Morgan fingerprint density at radius 3 is 2.42 bits per heavy atom. The summed E-state index contributed by atoms with van der Waals surface area (Å²) in [5, 5.41) is 0. The lowest BCUT2D eigenvalue weighted by Crippen LogP contribution is -2.51. The molecule has 6 atom stereocenters. The summed E-state index contributed by atoms with van der Waals surface area (Å²) in [4.78, 5) is 12.3. The monoisotopic (exact) mass is 442 g/mol. The molecule has 0 amide bonds. The van der Waals surface area contributed by atoms with Gasteiger partial charge >= 0.3 is 0 Å². The van der Waals surface area contributed by atoms with Crippen LogP contribution in [0.1, 0.15) is 70.8 Å². The van der Waals surface area contributed by atoms with Crippen molar-refractivity contribution in [1.82, 2.24) is 0 Å². The van der Waals surface area contributed by atoms with Crippen molar-refractivity contribution < 1.29 is 17.4 Å². The van der Waals surface area contributed by atoms with Gasteiger partial charge in [0.25, 0.3) is 10.1 Å². The second-order valence-electron chi connectivity index (χ2n) is 10.9. The SMILES string of the molecule is Cc1ccc(S(=O)(=O)O[C@H]2CC[C@H]3[C@@H]4CCC5=CC(=O)CC[C@]5(C)[C@H]4CC[C@]23C)cc1. The number of fused-ring (bicyclic) bond motifs is 5. The van der Waals surface area contributed by atoms with Crippen LogP contribution in [0.4, 0.5) is 0 Å². The van der Waals surface area contributed by atoms with Crippen LogP contribution >= 0.6 is 0 Å². The van der Waals surface area contributed by atoms with Crippen molar-refractivity contribution in [1.29, 1.82) is 0 Å². The molecular weight excluding hydrogens is 408 g/mol. The highest BCUT2D eigenvalue weighted by Gasteiger charge is 2.60. The standard InChI is InChI=1S/C26H34O4S/c1-17-4-7-20(8-5-17)31(28,29)30-24-11-10-22-21-9-6-18-16-19(27)12-14-25(18,2)23(21)13-15-26(22,24)3/h4-5,7-8,16,21-24H,6,9-15H2,1-3H3/t21-,22-,23-,24-,25-,26-/m0/s1. The Hall–Kier alpha value is -1.46. The first-order valence-electron chi connectivity index (χ1n) is 11.9. The molecule has 3 saturated carbocycles. The van der Waals surface area contributed by atoms with Gasteiger partial charge in [-0.25, -0.2) is 0 Å². The fourth-order valence-electron chi connectivity index (χ4n) is 7.58. The predicted molar refractivity (Wildman–Crippen MR) is 120 cm³/mol. The molecule has 1 aromatic rings. The van der Waals surface area contributed by atoms with Crippen LogP contribution in [-0.2, 0) is 19.1 Å². The number of carbonyl (C=O) groups is 1. The number of hydrogen-bond donors (Lipinski definition) is 0. The summed E-state index contributed by atoms with van der Waals surface area (Å²) < 4.78 is 32.0. The Kier molecular flexibility index (Phi) is 5.02. The summed E-state index contributed by atoms with van der Waals surface area (Å²) in [6.07, 6.45) is 9.45. The summed E-state index contributed by atoms with van der Waals surface area (Å²) >= 11 is 0. The van der Waals surface area contributed by atoms with Gasteiger partial charge in [0.15, 0.2) is 5.78 Å². The van der Waals surface area contributed by atoms with Gasteiger partial charge in [-0.1, -0.05) is 37.1 Å². The molecule has 4 aliphatic rings. The van der Waals surface area contributed by atoms with Crippen LogP contribution in [0.25, 0.3) is 0 Å². The fraction of sp³-hybridized carbons (Fsp3) is 0.654. The van der Waals surface area contributed by atoms with Crippen molar-refractivity contribution >= 4 is 15.9 Å².